The van der Waals surface area contributed by atoms with Crippen molar-refractivity contribution >= 4 is 65.5 Å². The van der Waals surface area contributed by atoms with Gasteiger partial charge < -0.3 is 9.13 Å². The monoisotopic (exact) mass is 880 g/mol. The number of para-hydroxylation sites is 3. The van der Waals surface area contributed by atoms with E-state index in [4.69, 9.17) is 15.0 Å². The lowest BCUT2D eigenvalue weighted by atomic mass is 9.97. The van der Waals surface area contributed by atoms with Gasteiger partial charge in [-0.25, -0.2) is 9.97 Å². The molecule has 0 atom stereocenters. The van der Waals surface area contributed by atoms with Gasteiger partial charge in [0.2, 0.25) is 5.95 Å². The van der Waals surface area contributed by atoms with Gasteiger partial charge in [-0.1, -0.05) is 146 Å². The average molecular weight is 881 g/mol. The van der Waals surface area contributed by atoms with E-state index in [1.54, 1.807) is 0 Å². The number of benzene rings is 9. The summed E-state index contributed by atoms with van der Waals surface area (Å²) >= 11 is 0. The second kappa shape index (κ2) is 15.6. The number of hydrogen-bond acceptors (Lipinski definition) is 3. The van der Waals surface area contributed by atoms with Gasteiger partial charge in [0.15, 0.2) is 0 Å². The summed E-state index contributed by atoms with van der Waals surface area (Å²) in [5.41, 5.74) is 18.4. The molecule has 0 amide bonds. The van der Waals surface area contributed by atoms with Gasteiger partial charge in [-0.3, -0.25) is 9.55 Å². The minimum absolute atomic E-state index is 0.640. The summed E-state index contributed by atoms with van der Waals surface area (Å²) in [7, 11) is 0. The molecule has 6 heteroatoms. The lowest BCUT2D eigenvalue weighted by Crippen LogP contribution is -2.03. The standard InChI is InChI=1S/C63H40N6/c1-4-16-41(17-5-1)54-40-55(42-18-6-2-7-19-42)66-63(65-54)69-57-27-13-11-25-50(57)52-38-46(30-33-59(52)69)44-21-14-20-43(36-44)45-29-32-58-51(37-45)49-24-10-12-26-56(49)68(58)48-31-34-60-53(39-48)62-61(28-15-35-64-62)67(60)47-22-8-3-9-23-47/h1-40H. The lowest BCUT2D eigenvalue weighted by Gasteiger charge is -2.12. The van der Waals surface area contributed by atoms with Crippen molar-refractivity contribution in [2.24, 2.45) is 0 Å². The summed E-state index contributed by atoms with van der Waals surface area (Å²) in [4.78, 5) is 15.4. The predicted molar refractivity (Wildman–Crippen MR) is 285 cm³/mol. The van der Waals surface area contributed by atoms with E-state index in [1.165, 1.54) is 21.9 Å². The van der Waals surface area contributed by atoms with Crippen molar-refractivity contribution in [3.8, 4) is 62.1 Å². The van der Waals surface area contributed by atoms with Gasteiger partial charge in [0.05, 0.1) is 50.0 Å². The molecule has 0 aliphatic heterocycles. The summed E-state index contributed by atoms with van der Waals surface area (Å²) in [6.07, 6.45) is 1.89. The van der Waals surface area contributed by atoms with Gasteiger partial charge >= 0.3 is 0 Å². The van der Waals surface area contributed by atoms with Gasteiger partial charge in [-0.2, -0.15) is 0 Å². The van der Waals surface area contributed by atoms with Crippen LogP contribution in [-0.4, -0.2) is 28.7 Å². The Balaban J connectivity index is 0.871. The summed E-state index contributed by atoms with van der Waals surface area (Å²) in [5.74, 6) is 0.640. The van der Waals surface area contributed by atoms with E-state index < -0.39 is 0 Å². The number of rotatable bonds is 7. The van der Waals surface area contributed by atoms with Gasteiger partial charge in [-0.15, -0.1) is 0 Å². The molecule has 14 rings (SSSR count). The largest absolute Gasteiger partial charge is 0.309 e. The van der Waals surface area contributed by atoms with Crippen LogP contribution in [0.3, 0.4) is 0 Å². The first kappa shape index (κ1) is 38.8. The average Bonchev–Trinajstić information content (AvgIpc) is 4.06. The summed E-state index contributed by atoms with van der Waals surface area (Å²) < 4.78 is 6.93. The Morgan fingerprint density at radius 2 is 0.725 bits per heavy atom. The van der Waals surface area contributed by atoms with Crippen molar-refractivity contribution in [1.29, 1.82) is 0 Å². The molecule has 5 heterocycles. The van der Waals surface area contributed by atoms with Crippen LogP contribution in [0.15, 0.2) is 243 Å². The van der Waals surface area contributed by atoms with E-state index in [0.29, 0.717) is 5.95 Å². The summed E-state index contributed by atoms with van der Waals surface area (Å²) in [6, 6.07) is 84.3. The molecule has 322 valence electrons. The van der Waals surface area contributed by atoms with Crippen molar-refractivity contribution in [2.75, 3.05) is 0 Å². The van der Waals surface area contributed by atoms with E-state index in [9.17, 15) is 0 Å². The maximum atomic E-state index is 5.24. The SMILES string of the molecule is c1ccc(-c2cc(-c3ccccc3)nc(-n3c4ccccc4c4cc(-c5cccc(-c6ccc7c(c6)c6ccccc6n7-c6ccc7c(c6)c6ncccc6n7-c6ccccc6)c5)ccc43)n2)cc1. The molecular weight excluding hydrogens is 841 g/mol. The zero-order chi connectivity index (χ0) is 45.4. The third-order valence-corrected chi connectivity index (χ3v) is 13.7. The number of nitrogens with zero attached hydrogens (tertiary/aromatic N) is 6. The molecule has 0 N–H and O–H groups in total. The summed E-state index contributed by atoms with van der Waals surface area (Å²) in [6.45, 7) is 0. The molecular formula is C63H40N6. The maximum absolute atomic E-state index is 5.24. The molecule has 0 aliphatic carbocycles. The van der Waals surface area contributed by atoms with Crippen LogP contribution < -0.4 is 0 Å². The second-order valence-corrected chi connectivity index (χ2v) is 17.7. The molecule has 0 unspecified atom stereocenters. The summed E-state index contributed by atoms with van der Waals surface area (Å²) in [5, 5.41) is 5.85. The smallest absolute Gasteiger partial charge is 0.235 e. The zero-order valence-electron chi connectivity index (χ0n) is 37.3. The Bertz CT molecular complexity index is 4240. The molecule has 14 aromatic rings. The normalized spacial score (nSPS) is 11.8. The van der Waals surface area contributed by atoms with Crippen LogP contribution in [0.2, 0.25) is 0 Å². The van der Waals surface area contributed by atoms with Crippen molar-refractivity contribution in [1.82, 2.24) is 28.7 Å². The Kier molecular flexibility index (Phi) is 8.79. The first-order valence-electron chi connectivity index (χ1n) is 23.3. The lowest BCUT2D eigenvalue weighted by molar-refractivity contribution is 0.995. The van der Waals surface area contributed by atoms with E-state index in [1.807, 2.05) is 24.4 Å². The molecule has 9 aromatic carbocycles. The van der Waals surface area contributed by atoms with Gasteiger partial charge in [0.25, 0.3) is 0 Å². The van der Waals surface area contributed by atoms with Crippen molar-refractivity contribution in [2.45, 2.75) is 0 Å². The third-order valence-electron chi connectivity index (χ3n) is 13.7. The third kappa shape index (κ3) is 6.30. The Morgan fingerprint density at radius 1 is 0.261 bits per heavy atom. The molecule has 6 nitrogen and oxygen atoms in total. The van der Waals surface area contributed by atoms with Gasteiger partial charge in [0, 0.05) is 55.6 Å². The van der Waals surface area contributed by atoms with Crippen LogP contribution in [0.25, 0.3) is 128 Å². The molecule has 0 spiro atoms. The van der Waals surface area contributed by atoms with E-state index in [-0.39, 0.29) is 0 Å². The highest BCUT2D eigenvalue weighted by Gasteiger charge is 2.20. The van der Waals surface area contributed by atoms with Crippen LogP contribution in [0, 0.1) is 0 Å². The van der Waals surface area contributed by atoms with E-state index in [2.05, 4.69) is 232 Å². The number of aromatic nitrogens is 6. The molecule has 0 fully saturated rings. The highest BCUT2D eigenvalue weighted by molar-refractivity contribution is 6.13. The van der Waals surface area contributed by atoms with Crippen LogP contribution in [0.1, 0.15) is 0 Å². The van der Waals surface area contributed by atoms with Crippen LogP contribution in [0.4, 0.5) is 0 Å². The number of fused-ring (bicyclic) bond motifs is 9. The fourth-order valence-electron chi connectivity index (χ4n) is 10.5. The Hall–Kier alpha value is -9.39. The Labute approximate surface area is 397 Å². The fraction of sp³-hybridized carbons (Fsp3) is 0. The molecule has 69 heavy (non-hydrogen) atoms. The van der Waals surface area contributed by atoms with Gasteiger partial charge in [0.1, 0.15) is 0 Å². The minimum Gasteiger partial charge on any atom is -0.309 e. The second-order valence-electron chi connectivity index (χ2n) is 17.7. The zero-order valence-corrected chi connectivity index (χ0v) is 37.3. The van der Waals surface area contributed by atoms with Gasteiger partial charge in [-0.05, 0) is 113 Å². The maximum Gasteiger partial charge on any atom is 0.235 e. The van der Waals surface area contributed by atoms with Crippen LogP contribution in [0.5, 0.6) is 0 Å². The first-order valence-corrected chi connectivity index (χ1v) is 23.3. The highest BCUT2D eigenvalue weighted by Crippen LogP contribution is 2.40. The number of pyridine rings is 1. The minimum atomic E-state index is 0.640. The van der Waals surface area contributed by atoms with Crippen LogP contribution >= 0.6 is 0 Å². The molecule has 5 aromatic heterocycles. The van der Waals surface area contributed by atoms with Crippen LogP contribution in [-0.2, 0) is 0 Å². The van der Waals surface area contributed by atoms with Crippen molar-refractivity contribution in [3.05, 3.63) is 243 Å². The quantitative estimate of drug-likeness (QED) is 0.160. The molecule has 0 saturated carbocycles. The first-order chi connectivity index (χ1) is 34.2. The van der Waals surface area contributed by atoms with E-state index >= 15 is 0 Å². The Morgan fingerprint density at radius 3 is 1.36 bits per heavy atom. The molecule has 0 aliphatic rings. The van der Waals surface area contributed by atoms with Crippen molar-refractivity contribution < 1.29 is 0 Å². The number of hydrogen-bond donors (Lipinski definition) is 0. The van der Waals surface area contributed by atoms with E-state index in [0.717, 1.165) is 99.8 Å². The fourth-order valence-corrected chi connectivity index (χ4v) is 10.5. The molecule has 0 saturated heterocycles. The van der Waals surface area contributed by atoms with Crippen molar-refractivity contribution in [3.63, 3.8) is 0 Å². The predicted octanol–water partition coefficient (Wildman–Crippen LogP) is 15.8. The topological polar surface area (TPSA) is 53.5 Å². The highest BCUT2D eigenvalue weighted by atomic mass is 15.2. The molecule has 0 radical (unpaired) electrons. The molecule has 0 bridgehead atoms.